The number of aromatic nitrogens is 1. The fourth-order valence-corrected chi connectivity index (χ4v) is 5.69. The molecule has 10 nitrogen and oxygen atoms in total. The van der Waals surface area contributed by atoms with Crippen LogP contribution in [0.3, 0.4) is 0 Å². The third-order valence-electron chi connectivity index (χ3n) is 5.29. The molecule has 33 heavy (non-hydrogen) atoms. The lowest BCUT2D eigenvalue weighted by atomic mass is 10.0. The quantitative estimate of drug-likeness (QED) is 0.395. The summed E-state index contributed by atoms with van der Waals surface area (Å²) >= 11 is 6.21. The Morgan fingerprint density at radius 2 is 1.94 bits per heavy atom. The minimum Gasteiger partial charge on any atom is -0.467 e. The van der Waals surface area contributed by atoms with Crippen LogP contribution in [-0.4, -0.2) is 39.1 Å². The average molecular weight is 490 g/mol. The first-order valence-electron chi connectivity index (χ1n) is 9.64. The number of rotatable bonds is 5. The lowest BCUT2D eigenvalue weighted by molar-refractivity contribution is -0.128. The standard InChI is InChI=1S/C21H16ClN3O7S/c1-12-17(22)19(32-24-12)25(2)33(27,28)21-16-14(9-6-10-15(16)29-11-30-21)23-18(21)20(26)31-13-7-4-3-5-8-13/h3-10H,11H2,1-2H3. The van der Waals surface area contributed by atoms with Gasteiger partial charge in [-0.1, -0.05) is 41.0 Å². The van der Waals surface area contributed by atoms with Crippen LogP contribution in [0.4, 0.5) is 11.6 Å². The van der Waals surface area contributed by atoms with Crippen LogP contribution in [0.25, 0.3) is 0 Å². The Kier molecular flexibility index (Phi) is 4.92. The lowest BCUT2D eigenvalue weighted by Crippen LogP contribution is -2.55. The Morgan fingerprint density at radius 1 is 1.18 bits per heavy atom. The molecule has 0 saturated heterocycles. The Balaban J connectivity index is 1.68. The molecule has 0 radical (unpaired) electrons. The minimum atomic E-state index is -4.60. The summed E-state index contributed by atoms with van der Waals surface area (Å²) in [5.74, 6) is -0.813. The van der Waals surface area contributed by atoms with Crippen molar-refractivity contribution in [3.63, 3.8) is 0 Å². The summed E-state index contributed by atoms with van der Waals surface area (Å²) in [6.07, 6.45) is 0. The summed E-state index contributed by atoms with van der Waals surface area (Å²) in [4.78, 5) is 15.2. The van der Waals surface area contributed by atoms with Gasteiger partial charge in [0.15, 0.2) is 12.5 Å². The number of benzene rings is 2. The van der Waals surface area contributed by atoms with Gasteiger partial charge in [0, 0.05) is 7.05 Å². The number of carbonyl (C=O) groups is 1. The summed E-state index contributed by atoms with van der Waals surface area (Å²) in [5.41, 5.74) is 0.0832. The van der Waals surface area contributed by atoms with E-state index in [1.807, 2.05) is 0 Å². The Morgan fingerprint density at radius 3 is 2.64 bits per heavy atom. The number of anilines is 1. The molecular formula is C21H16ClN3O7S. The molecule has 2 aromatic carbocycles. The van der Waals surface area contributed by atoms with Crippen molar-refractivity contribution in [3.05, 3.63) is 64.8 Å². The number of para-hydroxylation sites is 1. The molecule has 0 amide bonds. The normalized spacial score (nSPS) is 18.8. The maximum Gasteiger partial charge on any atom is 0.362 e. The van der Waals surface area contributed by atoms with Crippen molar-refractivity contribution in [1.29, 1.82) is 0 Å². The zero-order chi connectivity index (χ0) is 23.4. The molecule has 0 bridgehead atoms. The fraction of sp³-hybridized carbons (Fsp3) is 0.190. The number of halogens is 1. The van der Waals surface area contributed by atoms with E-state index in [-0.39, 0.29) is 33.7 Å². The van der Waals surface area contributed by atoms with Crippen molar-refractivity contribution < 1.29 is 31.9 Å². The predicted molar refractivity (Wildman–Crippen MR) is 117 cm³/mol. The molecular weight excluding hydrogens is 474 g/mol. The highest BCUT2D eigenvalue weighted by atomic mass is 35.5. The first kappa shape index (κ1) is 21.4. The van der Waals surface area contributed by atoms with Crippen LogP contribution in [0.2, 0.25) is 5.02 Å². The van der Waals surface area contributed by atoms with Gasteiger partial charge in [0.2, 0.25) is 0 Å². The highest BCUT2D eigenvalue weighted by molar-refractivity contribution is 7.94. The molecule has 3 aromatic rings. The van der Waals surface area contributed by atoms with Gasteiger partial charge >= 0.3 is 5.97 Å². The van der Waals surface area contributed by atoms with Gasteiger partial charge in [0.25, 0.3) is 20.8 Å². The summed E-state index contributed by atoms with van der Waals surface area (Å²) in [6, 6.07) is 13.0. The number of hydrogen-bond acceptors (Lipinski definition) is 9. The molecule has 12 heteroatoms. The number of sulfonamides is 1. The number of ether oxygens (including phenoxy) is 3. The van der Waals surface area contributed by atoms with Crippen LogP contribution in [0.15, 0.2) is 58.0 Å². The van der Waals surface area contributed by atoms with Crippen molar-refractivity contribution in [2.75, 3.05) is 18.1 Å². The van der Waals surface area contributed by atoms with E-state index in [0.29, 0.717) is 5.69 Å². The molecule has 0 saturated carbocycles. The minimum absolute atomic E-state index is 0.00129. The fourth-order valence-electron chi connectivity index (χ4n) is 3.69. The van der Waals surface area contributed by atoms with E-state index in [2.05, 4.69) is 10.1 Å². The largest absolute Gasteiger partial charge is 0.467 e. The number of aryl methyl sites for hydroxylation is 1. The van der Waals surface area contributed by atoms with Crippen LogP contribution in [0.1, 0.15) is 11.3 Å². The molecule has 3 heterocycles. The molecule has 1 unspecified atom stereocenters. The second-order valence-corrected chi connectivity index (χ2v) is 9.65. The number of carbonyl (C=O) groups excluding carboxylic acids is 1. The van der Waals surface area contributed by atoms with E-state index in [9.17, 15) is 13.2 Å². The van der Waals surface area contributed by atoms with Gasteiger partial charge in [-0.2, -0.15) is 0 Å². The smallest absolute Gasteiger partial charge is 0.362 e. The molecule has 2 aliphatic rings. The number of esters is 1. The van der Waals surface area contributed by atoms with Gasteiger partial charge in [0.1, 0.15) is 22.2 Å². The third-order valence-corrected chi connectivity index (χ3v) is 7.85. The lowest BCUT2D eigenvalue weighted by Gasteiger charge is -2.37. The maximum atomic E-state index is 14.1. The summed E-state index contributed by atoms with van der Waals surface area (Å²) in [6.45, 7) is 1.11. The monoisotopic (exact) mass is 489 g/mol. The number of hydrogen-bond donors (Lipinski definition) is 0. The Hall–Kier alpha value is -3.41. The summed E-state index contributed by atoms with van der Waals surface area (Å²) in [7, 11) is -3.38. The van der Waals surface area contributed by atoms with Gasteiger partial charge in [-0.15, -0.1) is 0 Å². The molecule has 0 spiro atoms. The topological polar surface area (TPSA) is 121 Å². The first-order chi connectivity index (χ1) is 15.8. The Bertz CT molecular complexity index is 1400. The average Bonchev–Trinajstić information content (AvgIpc) is 3.34. The molecule has 0 fully saturated rings. The predicted octanol–water partition coefficient (Wildman–Crippen LogP) is 3.31. The zero-order valence-corrected chi connectivity index (χ0v) is 18.9. The SMILES string of the molecule is Cc1noc(N(C)S(=O)(=O)C23OCOc4cccc(c42)N=C3C(=O)Oc2ccccc2)c1Cl. The van der Waals surface area contributed by atoms with Gasteiger partial charge < -0.3 is 18.7 Å². The molecule has 170 valence electrons. The zero-order valence-electron chi connectivity index (χ0n) is 17.3. The van der Waals surface area contributed by atoms with Crippen LogP contribution < -0.4 is 13.8 Å². The van der Waals surface area contributed by atoms with E-state index >= 15 is 0 Å². The molecule has 2 aliphatic heterocycles. The summed E-state index contributed by atoms with van der Waals surface area (Å²) < 4.78 is 50.7. The van der Waals surface area contributed by atoms with Gasteiger partial charge in [0.05, 0.1) is 11.3 Å². The molecule has 1 aromatic heterocycles. The molecule has 1 atom stereocenters. The van der Waals surface area contributed by atoms with Gasteiger partial charge in [-0.05, 0) is 31.2 Å². The van der Waals surface area contributed by atoms with Crippen LogP contribution in [-0.2, 0) is 24.5 Å². The first-order valence-corrected chi connectivity index (χ1v) is 11.5. The number of aliphatic imine (C=N–C) groups is 1. The molecule has 5 rings (SSSR count). The van der Waals surface area contributed by atoms with Crippen molar-refractivity contribution in [1.82, 2.24) is 5.16 Å². The maximum absolute atomic E-state index is 14.1. The summed E-state index contributed by atoms with van der Waals surface area (Å²) in [5, 5.41) is 3.71. The van der Waals surface area contributed by atoms with E-state index < -0.39 is 33.4 Å². The van der Waals surface area contributed by atoms with E-state index in [1.54, 1.807) is 55.5 Å². The van der Waals surface area contributed by atoms with Crippen molar-refractivity contribution in [2.45, 2.75) is 11.9 Å². The second kappa shape index (κ2) is 7.58. The van der Waals surface area contributed by atoms with Crippen molar-refractivity contribution >= 4 is 44.9 Å². The molecule has 0 aliphatic carbocycles. The third kappa shape index (κ3) is 3.04. The second-order valence-electron chi connectivity index (χ2n) is 7.20. The van der Waals surface area contributed by atoms with Crippen molar-refractivity contribution in [2.24, 2.45) is 4.99 Å². The van der Waals surface area contributed by atoms with Crippen LogP contribution in [0, 0.1) is 6.92 Å². The van der Waals surface area contributed by atoms with E-state index in [4.69, 9.17) is 30.3 Å². The number of nitrogens with zero attached hydrogens (tertiary/aromatic N) is 3. The van der Waals surface area contributed by atoms with Gasteiger partial charge in [-0.3, -0.25) is 0 Å². The van der Waals surface area contributed by atoms with Crippen LogP contribution in [0.5, 0.6) is 11.5 Å². The Labute approximate surface area is 193 Å². The highest BCUT2D eigenvalue weighted by Gasteiger charge is 2.64. The van der Waals surface area contributed by atoms with Crippen LogP contribution >= 0.6 is 11.6 Å². The van der Waals surface area contributed by atoms with E-state index in [1.165, 1.54) is 7.05 Å². The van der Waals surface area contributed by atoms with Crippen molar-refractivity contribution in [3.8, 4) is 11.5 Å². The van der Waals surface area contributed by atoms with Gasteiger partial charge in [-0.25, -0.2) is 22.5 Å². The van der Waals surface area contributed by atoms with E-state index in [0.717, 1.165) is 4.31 Å². The highest BCUT2D eigenvalue weighted by Crippen LogP contribution is 2.53. The molecule has 0 N–H and O–H groups in total.